The van der Waals surface area contributed by atoms with Crippen LogP contribution < -0.4 is 5.32 Å². The van der Waals surface area contributed by atoms with E-state index >= 15 is 0 Å². The number of unbranched alkanes of at least 4 members (excludes halogenated alkanes) is 7. The molecule has 2 heteroatoms. The van der Waals surface area contributed by atoms with E-state index < -0.39 is 0 Å². The maximum atomic E-state index is 3.56. The Morgan fingerprint density at radius 3 is 2.38 bits per heavy atom. The molecule has 2 rings (SSSR count). The Morgan fingerprint density at radius 1 is 0.905 bits per heavy atom. The Hall–Kier alpha value is -1.02. The average Bonchev–Trinajstić information content (AvgIpc) is 2.85. The third-order valence-electron chi connectivity index (χ3n) is 4.00. The number of hydrogen-bond donors (Lipinski definition) is 1. The molecule has 0 saturated carbocycles. The van der Waals surface area contributed by atoms with Gasteiger partial charge in [0, 0.05) is 21.8 Å². The van der Waals surface area contributed by atoms with Gasteiger partial charge in [-0.25, -0.2) is 0 Å². The van der Waals surface area contributed by atoms with Crippen molar-refractivity contribution < 1.29 is 0 Å². The van der Waals surface area contributed by atoms with Crippen molar-refractivity contribution in [2.45, 2.75) is 65.2 Å². The van der Waals surface area contributed by atoms with Crippen LogP contribution in [0.4, 0.5) is 5.69 Å². The minimum atomic E-state index is 1.10. The van der Waals surface area contributed by atoms with E-state index in [1.807, 2.05) is 11.3 Å². The van der Waals surface area contributed by atoms with E-state index in [9.17, 15) is 0 Å². The van der Waals surface area contributed by atoms with Crippen LogP contribution in [0.1, 0.15) is 63.2 Å². The first-order valence-electron chi connectivity index (χ1n) is 8.53. The zero-order valence-corrected chi connectivity index (χ0v) is 14.4. The molecule has 1 nitrogen and oxygen atoms in total. The molecular formula is C19H29NS. The van der Waals surface area contributed by atoms with Crippen LogP contribution in [0, 0.1) is 6.92 Å². The van der Waals surface area contributed by atoms with E-state index in [2.05, 4.69) is 43.4 Å². The summed E-state index contributed by atoms with van der Waals surface area (Å²) < 4.78 is 1.39. The first-order valence-corrected chi connectivity index (χ1v) is 9.35. The molecule has 0 bridgehead atoms. The normalized spacial score (nSPS) is 11.1. The highest BCUT2D eigenvalue weighted by Crippen LogP contribution is 2.27. The summed E-state index contributed by atoms with van der Waals surface area (Å²) in [6.45, 7) is 5.56. The molecule has 0 aliphatic rings. The number of fused-ring (bicyclic) bond motifs is 1. The molecule has 0 saturated heterocycles. The predicted octanol–water partition coefficient (Wildman–Crippen LogP) is 6.76. The van der Waals surface area contributed by atoms with Gasteiger partial charge in [-0.05, 0) is 43.0 Å². The summed E-state index contributed by atoms with van der Waals surface area (Å²) in [6.07, 6.45) is 11.1. The Balaban J connectivity index is 1.59. The van der Waals surface area contributed by atoms with Crippen LogP contribution >= 0.6 is 11.3 Å². The highest BCUT2D eigenvalue weighted by molar-refractivity contribution is 7.19. The van der Waals surface area contributed by atoms with Gasteiger partial charge in [0.2, 0.25) is 0 Å². The molecule has 0 aliphatic carbocycles. The second-order valence-corrected chi connectivity index (χ2v) is 7.30. The van der Waals surface area contributed by atoms with E-state index in [4.69, 9.17) is 0 Å². The first-order chi connectivity index (χ1) is 10.3. The lowest BCUT2D eigenvalue weighted by molar-refractivity contribution is 0.581. The maximum absolute atomic E-state index is 3.56. The molecule has 0 atom stereocenters. The minimum Gasteiger partial charge on any atom is -0.385 e. The molecule has 21 heavy (non-hydrogen) atoms. The van der Waals surface area contributed by atoms with Crippen molar-refractivity contribution in [3.8, 4) is 0 Å². The van der Waals surface area contributed by atoms with E-state index in [1.54, 1.807) is 0 Å². The standard InChI is InChI=1S/C19H29NS/c1-3-4-5-6-7-8-9-10-13-20-18-11-12-19-17(15-18)14-16(2)21-19/h11-12,14-15,20H,3-10,13H2,1-2H3. The average molecular weight is 304 g/mol. The lowest BCUT2D eigenvalue weighted by Gasteiger charge is -2.06. The molecule has 0 aliphatic heterocycles. The molecule has 0 radical (unpaired) electrons. The van der Waals surface area contributed by atoms with E-state index in [0.717, 1.165) is 6.54 Å². The molecule has 0 fully saturated rings. The molecule has 0 amide bonds. The number of hydrogen-bond acceptors (Lipinski definition) is 2. The fourth-order valence-electron chi connectivity index (χ4n) is 2.78. The number of aryl methyl sites for hydroxylation is 1. The SMILES string of the molecule is CCCCCCCCCCNc1ccc2sc(C)cc2c1. The van der Waals surface area contributed by atoms with Gasteiger partial charge in [0.25, 0.3) is 0 Å². The number of nitrogens with one attached hydrogen (secondary N) is 1. The van der Waals surface area contributed by atoms with Crippen molar-refractivity contribution in [1.82, 2.24) is 0 Å². The summed E-state index contributed by atoms with van der Waals surface area (Å²) in [6, 6.07) is 9.01. The van der Waals surface area contributed by atoms with Gasteiger partial charge in [-0.15, -0.1) is 11.3 Å². The Bertz CT molecular complexity index is 529. The summed E-state index contributed by atoms with van der Waals surface area (Å²) in [4.78, 5) is 1.39. The van der Waals surface area contributed by atoms with Crippen LogP contribution in [0.25, 0.3) is 10.1 Å². The summed E-state index contributed by atoms with van der Waals surface area (Å²) in [5, 5.41) is 4.94. The van der Waals surface area contributed by atoms with Gasteiger partial charge >= 0.3 is 0 Å². The topological polar surface area (TPSA) is 12.0 Å². The third kappa shape index (κ3) is 5.70. The van der Waals surface area contributed by atoms with Gasteiger partial charge in [-0.1, -0.05) is 51.9 Å². The molecule has 116 valence electrons. The zero-order chi connectivity index (χ0) is 14.9. The predicted molar refractivity (Wildman–Crippen MR) is 97.7 cm³/mol. The number of thiophene rings is 1. The van der Waals surface area contributed by atoms with Gasteiger partial charge in [0.1, 0.15) is 0 Å². The molecule has 1 heterocycles. The molecule has 1 aromatic carbocycles. The molecule has 0 spiro atoms. The van der Waals surface area contributed by atoms with Gasteiger partial charge in [-0.2, -0.15) is 0 Å². The third-order valence-corrected chi connectivity index (χ3v) is 5.03. The summed E-state index contributed by atoms with van der Waals surface area (Å²) >= 11 is 1.88. The molecule has 0 unspecified atom stereocenters. The van der Waals surface area contributed by atoms with Gasteiger partial charge in [0.05, 0.1) is 0 Å². The second kappa shape index (κ2) is 9.09. The van der Waals surface area contributed by atoms with Crippen molar-refractivity contribution in [3.63, 3.8) is 0 Å². The monoisotopic (exact) mass is 303 g/mol. The number of rotatable bonds is 10. The zero-order valence-electron chi connectivity index (χ0n) is 13.6. The van der Waals surface area contributed by atoms with E-state index in [-0.39, 0.29) is 0 Å². The van der Waals surface area contributed by atoms with Crippen LogP contribution in [0.2, 0.25) is 0 Å². The van der Waals surface area contributed by atoms with Gasteiger partial charge < -0.3 is 5.32 Å². The number of anilines is 1. The lowest BCUT2D eigenvalue weighted by Crippen LogP contribution is -2.00. The lowest BCUT2D eigenvalue weighted by atomic mass is 10.1. The maximum Gasteiger partial charge on any atom is 0.0347 e. The van der Waals surface area contributed by atoms with Crippen LogP contribution in [0.15, 0.2) is 24.3 Å². The van der Waals surface area contributed by atoms with Crippen LogP contribution in [-0.4, -0.2) is 6.54 Å². The Morgan fingerprint density at radius 2 is 1.62 bits per heavy atom. The quantitative estimate of drug-likeness (QED) is 0.478. The molecule has 2 aromatic rings. The minimum absolute atomic E-state index is 1.10. The fraction of sp³-hybridized carbons (Fsp3) is 0.579. The largest absolute Gasteiger partial charge is 0.385 e. The highest BCUT2D eigenvalue weighted by Gasteiger charge is 1.99. The first kappa shape index (κ1) is 16.4. The second-order valence-electron chi connectivity index (χ2n) is 6.01. The number of benzene rings is 1. The molecule has 1 aromatic heterocycles. The smallest absolute Gasteiger partial charge is 0.0347 e. The molecule has 1 N–H and O–H groups in total. The van der Waals surface area contributed by atoms with Crippen LogP contribution in [0.3, 0.4) is 0 Å². The van der Waals surface area contributed by atoms with Gasteiger partial charge in [-0.3, -0.25) is 0 Å². The van der Waals surface area contributed by atoms with Gasteiger partial charge in [0.15, 0.2) is 0 Å². The van der Waals surface area contributed by atoms with Crippen molar-refractivity contribution in [2.24, 2.45) is 0 Å². The van der Waals surface area contributed by atoms with Crippen molar-refractivity contribution in [3.05, 3.63) is 29.1 Å². The highest BCUT2D eigenvalue weighted by atomic mass is 32.1. The summed E-state index contributed by atoms with van der Waals surface area (Å²) in [7, 11) is 0. The van der Waals surface area contributed by atoms with E-state index in [0.29, 0.717) is 0 Å². The van der Waals surface area contributed by atoms with Crippen molar-refractivity contribution in [2.75, 3.05) is 11.9 Å². The van der Waals surface area contributed by atoms with Crippen molar-refractivity contribution in [1.29, 1.82) is 0 Å². The van der Waals surface area contributed by atoms with E-state index in [1.165, 1.54) is 72.0 Å². The Kier molecular flexibility index (Phi) is 7.08. The summed E-state index contributed by atoms with van der Waals surface area (Å²) in [5.41, 5.74) is 1.27. The molecular weight excluding hydrogens is 274 g/mol. The Labute approximate surface area is 133 Å². The van der Waals surface area contributed by atoms with Crippen LogP contribution in [0.5, 0.6) is 0 Å². The summed E-state index contributed by atoms with van der Waals surface area (Å²) in [5.74, 6) is 0. The van der Waals surface area contributed by atoms with Crippen LogP contribution in [-0.2, 0) is 0 Å². The fourth-order valence-corrected chi connectivity index (χ4v) is 3.68. The van der Waals surface area contributed by atoms with Crippen molar-refractivity contribution >= 4 is 27.1 Å².